The zero-order chi connectivity index (χ0) is 15.6. The van der Waals surface area contributed by atoms with E-state index in [2.05, 4.69) is 15.9 Å². The quantitative estimate of drug-likeness (QED) is 0.868. The second-order valence-corrected chi connectivity index (χ2v) is 6.56. The van der Waals surface area contributed by atoms with E-state index in [4.69, 9.17) is 11.6 Å². The first kappa shape index (κ1) is 16.3. The first-order valence-corrected chi connectivity index (χ1v) is 8.10. The number of rotatable bonds is 4. The van der Waals surface area contributed by atoms with Crippen molar-refractivity contribution in [3.05, 3.63) is 33.3 Å². The van der Waals surface area contributed by atoms with Crippen LogP contribution in [0, 0.1) is 0 Å². The van der Waals surface area contributed by atoms with E-state index < -0.39 is 11.5 Å². The highest BCUT2D eigenvalue weighted by molar-refractivity contribution is 9.10. The lowest BCUT2D eigenvalue weighted by atomic mass is 9.90. The smallest absolute Gasteiger partial charge is 0.329 e. The second-order valence-electron chi connectivity index (χ2n) is 5.27. The van der Waals surface area contributed by atoms with Gasteiger partial charge in [-0.2, -0.15) is 0 Å². The van der Waals surface area contributed by atoms with Gasteiger partial charge < -0.3 is 10.0 Å². The first-order valence-electron chi connectivity index (χ1n) is 6.93. The number of amides is 1. The Balaban J connectivity index is 2.39. The van der Waals surface area contributed by atoms with Crippen molar-refractivity contribution in [2.24, 2.45) is 0 Å². The highest BCUT2D eigenvalue weighted by Gasteiger charge is 2.49. The lowest BCUT2D eigenvalue weighted by Gasteiger charge is -2.35. The predicted molar refractivity (Wildman–Crippen MR) is 84.7 cm³/mol. The number of carbonyl (C=O) groups is 2. The van der Waals surface area contributed by atoms with Gasteiger partial charge in [-0.1, -0.05) is 24.9 Å². The van der Waals surface area contributed by atoms with Crippen LogP contribution >= 0.6 is 27.5 Å². The summed E-state index contributed by atoms with van der Waals surface area (Å²) in [6.07, 6.45) is 2.41. The molecule has 0 radical (unpaired) electrons. The topological polar surface area (TPSA) is 57.6 Å². The zero-order valence-electron chi connectivity index (χ0n) is 11.7. The Morgan fingerprint density at radius 3 is 2.76 bits per heavy atom. The van der Waals surface area contributed by atoms with E-state index in [0.29, 0.717) is 40.9 Å². The molecule has 1 aromatic carbocycles. The van der Waals surface area contributed by atoms with Crippen LogP contribution in [0.4, 0.5) is 0 Å². The van der Waals surface area contributed by atoms with Gasteiger partial charge in [-0.05, 0) is 53.4 Å². The molecular formula is C15H17BrClNO3. The molecule has 1 atom stereocenters. The van der Waals surface area contributed by atoms with Gasteiger partial charge in [0.15, 0.2) is 0 Å². The minimum atomic E-state index is -1.08. The molecule has 1 saturated heterocycles. The van der Waals surface area contributed by atoms with Gasteiger partial charge in [0.1, 0.15) is 5.54 Å². The number of halogens is 2. The Morgan fingerprint density at radius 1 is 1.48 bits per heavy atom. The molecule has 0 aliphatic carbocycles. The van der Waals surface area contributed by atoms with Gasteiger partial charge in [-0.15, -0.1) is 0 Å². The summed E-state index contributed by atoms with van der Waals surface area (Å²) in [6.45, 7) is 2.41. The van der Waals surface area contributed by atoms with Gasteiger partial charge in [-0.25, -0.2) is 4.79 Å². The van der Waals surface area contributed by atoms with Crippen molar-refractivity contribution in [3.8, 4) is 0 Å². The number of aliphatic carboxylic acids is 1. The standard InChI is InChI=1S/C15H17BrClNO3/c1-2-6-15(14(20)21)7-3-8-18(15)13(19)11-5-4-10(17)9-12(11)16/h4-5,9H,2-3,6-8H2,1H3,(H,20,21). The van der Waals surface area contributed by atoms with E-state index in [9.17, 15) is 14.7 Å². The number of hydrogen-bond acceptors (Lipinski definition) is 2. The van der Waals surface area contributed by atoms with Gasteiger partial charge >= 0.3 is 5.97 Å². The van der Waals surface area contributed by atoms with E-state index >= 15 is 0 Å². The third-order valence-electron chi connectivity index (χ3n) is 3.96. The molecule has 0 saturated carbocycles. The molecule has 4 nitrogen and oxygen atoms in total. The van der Waals surface area contributed by atoms with Gasteiger partial charge in [0, 0.05) is 16.0 Å². The van der Waals surface area contributed by atoms with E-state index in [1.54, 1.807) is 18.2 Å². The molecule has 1 aromatic rings. The zero-order valence-corrected chi connectivity index (χ0v) is 14.1. The average Bonchev–Trinajstić information content (AvgIpc) is 2.83. The van der Waals surface area contributed by atoms with Crippen LogP contribution in [0.3, 0.4) is 0 Å². The van der Waals surface area contributed by atoms with E-state index in [-0.39, 0.29) is 5.91 Å². The Hall–Kier alpha value is -1.07. The number of carboxylic acids is 1. The number of benzene rings is 1. The summed E-state index contributed by atoms with van der Waals surface area (Å²) in [7, 11) is 0. The summed E-state index contributed by atoms with van der Waals surface area (Å²) in [4.78, 5) is 26.0. The number of carbonyl (C=O) groups excluding carboxylic acids is 1. The molecule has 0 aromatic heterocycles. The van der Waals surface area contributed by atoms with Crippen molar-refractivity contribution >= 4 is 39.4 Å². The van der Waals surface area contributed by atoms with Crippen LogP contribution in [0.2, 0.25) is 5.02 Å². The molecule has 1 amide bonds. The monoisotopic (exact) mass is 373 g/mol. The van der Waals surface area contributed by atoms with Gasteiger partial charge in [0.2, 0.25) is 0 Å². The Labute approximate surface area is 137 Å². The summed E-state index contributed by atoms with van der Waals surface area (Å²) >= 11 is 9.22. The summed E-state index contributed by atoms with van der Waals surface area (Å²) in [6, 6.07) is 4.91. The predicted octanol–water partition coefficient (Wildman–Crippen LogP) is 3.96. The molecule has 0 spiro atoms. The van der Waals surface area contributed by atoms with Crippen LogP contribution < -0.4 is 0 Å². The molecule has 0 bridgehead atoms. The van der Waals surface area contributed by atoms with Crippen LogP contribution in [0.5, 0.6) is 0 Å². The third kappa shape index (κ3) is 2.94. The maximum atomic E-state index is 12.8. The fraction of sp³-hybridized carbons (Fsp3) is 0.467. The van der Waals surface area contributed by atoms with E-state index in [0.717, 1.165) is 6.42 Å². The minimum absolute atomic E-state index is 0.258. The molecule has 1 aliphatic heterocycles. The highest BCUT2D eigenvalue weighted by Crippen LogP contribution is 2.36. The lowest BCUT2D eigenvalue weighted by molar-refractivity contribution is -0.148. The Bertz CT molecular complexity index is 578. The van der Waals surface area contributed by atoms with Crippen molar-refractivity contribution in [3.63, 3.8) is 0 Å². The minimum Gasteiger partial charge on any atom is -0.479 e. The largest absolute Gasteiger partial charge is 0.479 e. The van der Waals surface area contributed by atoms with Crippen molar-refractivity contribution in [2.75, 3.05) is 6.54 Å². The van der Waals surface area contributed by atoms with Gasteiger partial charge in [0.05, 0.1) is 5.56 Å². The summed E-state index contributed by atoms with van der Waals surface area (Å²) in [5.74, 6) is -1.17. The molecule has 1 unspecified atom stereocenters. The van der Waals surface area contributed by atoms with Crippen molar-refractivity contribution in [1.82, 2.24) is 4.90 Å². The van der Waals surface area contributed by atoms with Crippen LogP contribution in [-0.4, -0.2) is 34.0 Å². The van der Waals surface area contributed by atoms with Gasteiger partial charge in [-0.3, -0.25) is 4.79 Å². The first-order chi connectivity index (χ1) is 9.92. The number of hydrogen-bond donors (Lipinski definition) is 1. The Kier molecular flexibility index (Phi) is 4.94. The number of nitrogens with zero attached hydrogens (tertiary/aromatic N) is 1. The van der Waals surface area contributed by atoms with Crippen molar-refractivity contribution in [2.45, 2.75) is 38.1 Å². The summed E-state index contributed by atoms with van der Waals surface area (Å²) in [5, 5.41) is 10.2. The van der Waals surface area contributed by atoms with E-state index in [1.807, 2.05) is 6.92 Å². The molecule has 1 aliphatic rings. The number of likely N-dealkylation sites (tertiary alicyclic amines) is 1. The van der Waals surface area contributed by atoms with Crippen LogP contribution in [0.15, 0.2) is 22.7 Å². The summed E-state index contributed by atoms with van der Waals surface area (Å²) in [5.41, 5.74) is -0.631. The lowest BCUT2D eigenvalue weighted by Crippen LogP contribution is -2.53. The third-order valence-corrected chi connectivity index (χ3v) is 4.85. The fourth-order valence-electron chi connectivity index (χ4n) is 2.99. The molecule has 2 rings (SSSR count). The van der Waals surface area contributed by atoms with Crippen LogP contribution in [0.1, 0.15) is 43.0 Å². The molecule has 1 fully saturated rings. The van der Waals surface area contributed by atoms with Crippen LogP contribution in [-0.2, 0) is 4.79 Å². The molecule has 1 heterocycles. The number of carboxylic acid groups (broad SMARTS) is 1. The SMILES string of the molecule is CCCC1(C(=O)O)CCCN1C(=O)c1ccc(Cl)cc1Br. The van der Waals surface area contributed by atoms with Gasteiger partial charge in [0.25, 0.3) is 5.91 Å². The molecule has 6 heteroatoms. The molecule has 1 N–H and O–H groups in total. The average molecular weight is 375 g/mol. The van der Waals surface area contributed by atoms with Crippen molar-refractivity contribution < 1.29 is 14.7 Å². The molecular weight excluding hydrogens is 358 g/mol. The maximum absolute atomic E-state index is 12.8. The Morgan fingerprint density at radius 2 is 2.19 bits per heavy atom. The second kappa shape index (κ2) is 6.36. The molecule has 114 valence electrons. The highest BCUT2D eigenvalue weighted by atomic mass is 79.9. The fourth-order valence-corrected chi connectivity index (χ4v) is 3.84. The normalized spacial score (nSPS) is 21.6. The maximum Gasteiger partial charge on any atom is 0.329 e. The van der Waals surface area contributed by atoms with Crippen LogP contribution in [0.25, 0.3) is 0 Å². The molecule has 21 heavy (non-hydrogen) atoms. The van der Waals surface area contributed by atoms with E-state index in [1.165, 1.54) is 4.90 Å². The van der Waals surface area contributed by atoms with Crippen molar-refractivity contribution in [1.29, 1.82) is 0 Å². The summed E-state index contributed by atoms with van der Waals surface area (Å²) < 4.78 is 0.586.